The quantitative estimate of drug-likeness (QED) is 0.522. The van der Waals surface area contributed by atoms with E-state index in [9.17, 15) is 8.76 Å². The molecule has 0 aliphatic heterocycles. The Kier molecular flexibility index (Phi) is 3.02. The van der Waals surface area contributed by atoms with Gasteiger partial charge in [-0.2, -0.15) is 4.98 Å². The van der Waals surface area contributed by atoms with Crippen LogP contribution in [-0.4, -0.2) is 18.7 Å². The molecule has 0 fully saturated rings. The maximum Gasteiger partial charge on any atom is 0.223 e. The van der Waals surface area contributed by atoms with E-state index in [4.69, 9.17) is 23.1 Å². The normalized spacial score (nSPS) is 12.8. The first-order chi connectivity index (χ1) is 6.00. The smallest absolute Gasteiger partial charge is 0.223 e. The Labute approximate surface area is 81.6 Å². The molecule has 8 heteroatoms. The van der Waals surface area contributed by atoms with Crippen LogP contribution in [0.5, 0.6) is 0 Å². The molecule has 0 bridgehead atoms. The van der Waals surface area contributed by atoms with Gasteiger partial charge in [-0.15, -0.1) is 0 Å². The monoisotopic (exact) mass is 221 g/mol. The summed E-state index contributed by atoms with van der Waals surface area (Å²) < 4.78 is 20.7. The van der Waals surface area contributed by atoms with Gasteiger partial charge in [0.25, 0.3) is 0 Å². The van der Waals surface area contributed by atoms with Crippen molar-refractivity contribution < 1.29 is 8.76 Å². The largest absolute Gasteiger partial charge is 0.772 e. The van der Waals surface area contributed by atoms with Gasteiger partial charge in [-0.25, -0.2) is 4.98 Å². The molecule has 6 nitrogen and oxygen atoms in total. The summed E-state index contributed by atoms with van der Waals surface area (Å²) in [6.07, 6.45) is 0. The first kappa shape index (κ1) is 10.2. The van der Waals surface area contributed by atoms with E-state index in [1.807, 2.05) is 0 Å². The highest BCUT2D eigenvalue weighted by atomic mass is 35.5. The molecule has 1 aromatic heterocycles. The maximum atomic E-state index is 10.4. The van der Waals surface area contributed by atoms with Crippen LogP contribution < -0.4 is 11.5 Å². The third-order valence-corrected chi connectivity index (χ3v) is 2.11. The molecular formula is C5H6ClN4O2S-. The van der Waals surface area contributed by atoms with E-state index in [1.54, 1.807) is 0 Å². The van der Waals surface area contributed by atoms with Crippen molar-refractivity contribution >= 4 is 34.4 Å². The number of nitrogen functional groups attached to an aromatic ring is 2. The van der Waals surface area contributed by atoms with E-state index >= 15 is 0 Å². The predicted octanol–water partition coefficient (Wildman–Crippen LogP) is -0.327. The Balaban J connectivity index is 3.13. The Morgan fingerprint density at radius 2 is 2.08 bits per heavy atom. The van der Waals surface area contributed by atoms with Crippen molar-refractivity contribution in [3.63, 3.8) is 0 Å². The van der Waals surface area contributed by atoms with E-state index < -0.39 is 11.1 Å². The zero-order valence-corrected chi connectivity index (χ0v) is 7.93. The third kappa shape index (κ3) is 2.51. The molecule has 0 amide bonds. The number of hydrogen-bond acceptors (Lipinski definition) is 6. The fourth-order valence-corrected chi connectivity index (χ4v) is 1.59. The number of halogens is 1. The molecule has 0 spiro atoms. The van der Waals surface area contributed by atoms with Gasteiger partial charge in [-0.3, -0.25) is 4.21 Å². The van der Waals surface area contributed by atoms with Crippen molar-refractivity contribution in [1.82, 2.24) is 9.97 Å². The van der Waals surface area contributed by atoms with Crippen LogP contribution in [-0.2, 0) is 16.8 Å². The SMILES string of the molecule is Nc1nc(N)c(CS(=O)[O-])c(Cl)n1. The molecular weight excluding hydrogens is 216 g/mol. The Bertz CT molecular complexity index is 335. The highest BCUT2D eigenvalue weighted by molar-refractivity contribution is 7.78. The molecule has 1 heterocycles. The van der Waals surface area contributed by atoms with Gasteiger partial charge < -0.3 is 16.0 Å². The second-order valence-corrected chi connectivity index (χ2v) is 3.44. The van der Waals surface area contributed by atoms with Crippen LogP contribution in [0.2, 0.25) is 5.15 Å². The molecule has 0 aliphatic rings. The number of hydrogen-bond donors (Lipinski definition) is 2. The lowest BCUT2D eigenvalue weighted by molar-refractivity contribution is 0.536. The minimum absolute atomic E-state index is 0.0123. The Morgan fingerprint density at radius 1 is 1.46 bits per heavy atom. The zero-order chi connectivity index (χ0) is 10.0. The molecule has 13 heavy (non-hydrogen) atoms. The van der Waals surface area contributed by atoms with Crippen molar-refractivity contribution in [1.29, 1.82) is 0 Å². The number of nitrogens with zero attached hydrogens (tertiary/aromatic N) is 2. The first-order valence-corrected chi connectivity index (χ1v) is 4.76. The number of nitrogens with two attached hydrogens (primary N) is 2. The van der Waals surface area contributed by atoms with Crippen molar-refractivity contribution in [3.05, 3.63) is 10.7 Å². The molecule has 1 aromatic rings. The van der Waals surface area contributed by atoms with Crippen molar-refractivity contribution in [3.8, 4) is 0 Å². The summed E-state index contributed by atoms with van der Waals surface area (Å²) >= 11 is 3.32. The average Bonchev–Trinajstić information content (AvgIpc) is 1.96. The second kappa shape index (κ2) is 3.86. The summed E-state index contributed by atoms with van der Waals surface area (Å²) in [4.78, 5) is 7.14. The van der Waals surface area contributed by atoms with Crippen LogP contribution in [0.15, 0.2) is 0 Å². The van der Waals surface area contributed by atoms with Crippen LogP contribution in [0.4, 0.5) is 11.8 Å². The topological polar surface area (TPSA) is 118 Å². The Morgan fingerprint density at radius 3 is 2.54 bits per heavy atom. The number of rotatable bonds is 2. The summed E-state index contributed by atoms with van der Waals surface area (Å²) in [7, 11) is 0. The summed E-state index contributed by atoms with van der Waals surface area (Å²) in [6.45, 7) is 0. The van der Waals surface area contributed by atoms with E-state index in [-0.39, 0.29) is 28.2 Å². The molecule has 4 N–H and O–H groups in total. The van der Waals surface area contributed by atoms with Gasteiger partial charge in [0.2, 0.25) is 5.95 Å². The summed E-state index contributed by atoms with van der Waals surface area (Å²) in [6, 6.07) is 0. The molecule has 1 rings (SSSR count). The fourth-order valence-electron chi connectivity index (χ4n) is 0.741. The number of aromatic nitrogens is 2. The number of anilines is 2. The maximum absolute atomic E-state index is 10.4. The van der Waals surface area contributed by atoms with Gasteiger partial charge in [0.1, 0.15) is 11.0 Å². The van der Waals surface area contributed by atoms with Crippen molar-refractivity contribution in [2.24, 2.45) is 0 Å². The molecule has 72 valence electrons. The van der Waals surface area contributed by atoms with Crippen molar-refractivity contribution in [2.45, 2.75) is 5.75 Å². The summed E-state index contributed by atoms with van der Waals surface area (Å²) in [5.41, 5.74) is 10.8. The standard InChI is InChI=1S/C5H7ClN4O2S/c6-3-2(1-13(11)12)4(7)10-5(8)9-3/h1H2,(H,11,12)(H4,7,8,9,10)/p-1. The molecule has 0 aliphatic carbocycles. The van der Waals surface area contributed by atoms with E-state index in [1.165, 1.54) is 0 Å². The van der Waals surface area contributed by atoms with E-state index in [2.05, 4.69) is 9.97 Å². The fraction of sp³-hybridized carbons (Fsp3) is 0.200. The van der Waals surface area contributed by atoms with Gasteiger partial charge in [0, 0.05) is 11.3 Å². The lowest BCUT2D eigenvalue weighted by atomic mass is 10.3. The van der Waals surface area contributed by atoms with E-state index in [0.717, 1.165) is 0 Å². The molecule has 0 radical (unpaired) electrons. The van der Waals surface area contributed by atoms with Crippen molar-refractivity contribution in [2.75, 3.05) is 11.5 Å². The van der Waals surface area contributed by atoms with E-state index in [0.29, 0.717) is 0 Å². The second-order valence-electron chi connectivity index (χ2n) is 2.18. The van der Waals surface area contributed by atoms with Gasteiger partial charge in [0.05, 0.1) is 0 Å². The highest BCUT2D eigenvalue weighted by Crippen LogP contribution is 2.20. The first-order valence-electron chi connectivity index (χ1n) is 3.14. The van der Waals surface area contributed by atoms with Gasteiger partial charge in [0.15, 0.2) is 0 Å². The molecule has 0 saturated heterocycles. The van der Waals surface area contributed by atoms with Crippen LogP contribution in [0, 0.1) is 0 Å². The lowest BCUT2D eigenvalue weighted by Crippen LogP contribution is -2.07. The molecule has 1 atom stereocenters. The van der Waals surface area contributed by atoms with Crippen LogP contribution in [0.1, 0.15) is 5.56 Å². The lowest BCUT2D eigenvalue weighted by Gasteiger charge is -2.08. The third-order valence-electron chi connectivity index (χ3n) is 1.27. The Hall–Kier alpha value is -0.920. The molecule has 0 saturated carbocycles. The average molecular weight is 222 g/mol. The van der Waals surface area contributed by atoms with Crippen LogP contribution >= 0.6 is 11.6 Å². The summed E-state index contributed by atoms with van der Waals surface area (Å²) in [5.74, 6) is -0.407. The van der Waals surface area contributed by atoms with Gasteiger partial charge >= 0.3 is 0 Å². The van der Waals surface area contributed by atoms with Gasteiger partial charge in [-0.1, -0.05) is 22.7 Å². The minimum atomic E-state index is -2.28. The van der Waals surface area contributed by atoms with Crippen LogP contribution in [0.3, 0.4) is 0 Å². The van der Waals surface area contributed by atoms with Gasteiger partial charge in [-0.05, 0) is 0 Å². The highest BCUT2D eigenvalue weighted by Gasteiger charge is 2.09. The molecule has 0 aromatic carbocycles. The zero-order valence-electron chi connectivity index (χ0n) is 6.36. The predicted molar refractivity (Wildman–Crippen MR) is 48.5 cm³/mol. The molecule has 1 unspecified atom stereocenters. The minimum Gasteiger partial charge on any atom is -0.772 e. The van der Waals surface area contributed by atoms with Crippen LogP contribution in [0.25, 0.3) is 0 Å². The summed E-state index contributed by atoms with van der Waals surface area (Å²) in [5, 5.41) is -0.0331.